The normalized spacial score (nSPS) is 17.0. The van der Waals surface area contributed by atoms with Crippen LogP contribution in [0.3, 0.4) is 0 Å². The monoisotopic (exact) mass is 390 g/mol. The van der Waals surface area contributed by atoms with Gasteiger partial charge >= 0.3 is 0 Å². The van der Waals surface area contributed by atoms with E-state index < -0.39 is 0 Å². The summed E-state index contributed by atoms with van der Waals surface area (Å²) < 4.78 is 1.92. The average Bonchev–Trinajstić information content (AvgIpc) is 3.07. The fourth-order valence-electron chi connectivity index (χ4n) is 3.43. The third-order valence-corrected chi connectivity index (χ3v) is 5.84. The molecule has 0 saturated carbocycles. The molecule has 1 fully saturated rings. The van der Waals surface area contributed by atoms with Gasteiger partial charge in [0.25, 0.3) is 0 Å². The van der Waals surface area contributed by atoms with Crippen molar-refractivity contribution in [1.29, 1.82) is 0 Å². The summed E-state index contributed by atoms with van der Waals surface area (Å²) in [6.45, 7) is 5.76. The van der Waals surface area contributed by atoms with Gasteiger partial charge in [-0.1, -0.05) is 35.3 Å². The predicted molar refractivity (Wildman–Crippen MR) is 105 cm³/mol. The van der Waals surface area contributed by atoms with Crippen molar-refractivity contribution < 1.29 is 0 Å². The highest BCUT2D eigenvalue weighted by Crippen LogP contribution is 2.37. The summed E-state index contributed by atoms with van der Waals surface area (Å²) in [4.78, 5) is 7.10. The van der Waals surface area contributed by atoms with E-state index >= 15 is 0 Å². The topological polar surface area (TPSA) is 72.3 Å². The molecule has 8 heteroatoms. The first-order valence-electron chi connectivity index (χ1n) is 8.56. The molecule has 0 aliphatic carbocycles. The Hall–Kier alpha value is -1.89. The van der Waals surface area contributed by atoms with Gasteiger partial charge in [-0.05, 0) is 32.8 Å². The molecule has 6 nitrogen and oxygen atoms in total. The molecule has 136 valence electrons. The summed E-state index contributed by atoms with van der Waals surface area (Å²) in [5.41, 5.74) is 9.36. The van der Waals surface area contributed by atoms with Crippen LogP contribution in [0.25, 0.3) is 16.8 Å². The van der Waals surface area contributed by atoms with E-state index in [1.165, 1.54) is 0 Å². The molecule has 3 heterocycles. The first-order valence-corrected chi connectivity index (χ1v) is 9.31. The van der Waals surface area contributed by atoms with Crippen molar-refractivity contribution in [3.63, 3.8) is 0 Å². The average molecular weight is 391 g/mol. The molecule has 1 aliphatic heterocycles. The number of hydrogen-bond donors (Lipinski definition) is 1. The molecule has 2 N–H and O–H groups in total. The van der Waals surface area contributed by atoms with Crippen LogP contribution in [0.4, 0.5) is 5.95 Å². The van der Waals surface area contributed by atoms with Gasteiger partial charge in [-0.3, -0.25) is 4.40 Å². The number of halogens is 2. The van der Waals surface area contributed by atoms with Crippen LogP contribution in [0.15, 0.2) is 24.5 Å². The Labute approximate surface area is 161 Å². The van der Waals surface area contributed by atoms with Crippen molar-refractivity contribution >= 4 is 34.8 Å². The van der Waals surface area contributed by atoms with Gasteiger partial charge in [0, 0.05) is 29.8 Å². The van der Waals surface area contributed by atoms with Crippen molar-refractivity contribution in [1.82, 2.24) is 19.6 Å². The van der Waals surface area contributed by atoms with Gasteiger partial charge in [-0.15, -0.1) is 10.2 Å². The number of fused-ring (bicyclic) bond motifs is 1. The largest absolute Gasteiger partial charge is 0.342 e. The van der Waals surface area contributed by atoms with Gasteiger partial charge in [0.05, 0.1) is 15.7 Å². The summed E-state index contributed by atoms with van der Waals surface area (Å²) in [5.74, 6) is 0.833. The molecule has 26 heavy (non-hydrogen) atoms. The lowest BCUT2D eigenvalue weighted by molar-refractivity contribution is 0.361. The quantitative estimate of drug-likeness (QED) is 0.721. The minimum atomic E-state index is -0.119. The number of nitrogens with zero attached hydrogens (tertiary/aromatic N) is 5. The first kappa shape index (κ1) is 17.5. The number of nitrogens with two attached hydrogens (primary N) is 1. The van der Waals surface area contributed by atoms with Crippen molar-refractivity contribution in [3.05, 3.63) is 40.3 Å². The number of aromatic nitrogens is 4. The standard InChI is InChI=1S/C18H20Cl2N6/c1-11-14(12-4-3-5-13(19)15(12)20)16-24-22-10-26(16)17(23-11)25-8-6-18(2,21)7-9-25/h3-5,10H,6-9,21H2,1-2H3. The van der Waals surface area contributed by atoms with Gasteiger partial charge in [-0.2, -0.15) is 0 Å². The van der Waals surface area contributed by atoms with Crippen molar-refractivity contribution in [2.45, 2.75) is 32.2 Å². The van der Waals surface area contributed by atoms with Crippen LogP contribution in [-0.4, -0.2) is 38.2 Å². The van der Waals surface area contributed by atoms with Crippen LogP contribution in [-0.2, 0) is 0 Å². The maximum absolute atomic E-state index is 6.45. The van der Waals surface area contributed by atoms with E-state index in [1.807, 2.05) is 23.5 Å². The Kier molecular flexibility index (Phi) is 4.29. The minimum absolute atomic E-state index is 0.119. The molecular formula is C18H20Cl2N6. The van der Waals surface area contributed by atoms with Gasteiger partial charge < -0.3 is 10.6 Å². The maximum atomic E-state index is 6.45. The fraction of sp³-hybridized carbons (Fsp3) is 0.389. The van der Waals surface area contributed by atoms with Gasteiger partial charge in [0.2, 0.25) is 5.95 Å². The lowest BCUT2D eigenvalue weighted by Gasteiger charge is -2.37. The summed E-state index contributed by atoms with van der Waals surface area (Å²) in [6, 6.07) is 5.56. The number of piperidine rings is 1. The summed E-state index contributed by atoms with van der Waals surface area (Å²) in [7, 11) is 0. The van der Waals surface area contributed by atoms with Crippen LogP contribution in [0, 0.1) is 6.92 Å². The molecule has 3 aromatic rings. The minimum Gasteiger partial charge on any atom is -0.342 e. The smallest absolute Gasteiger partial charge is 0.212 e. The number of anilines is 1. The second-order valence-corrected chi connectivity index (χ2v) is 7.92. The number of hydrogen-bond acceptors (Lipinski definition) is 5. The van der Waals surface area contributed by atoms with E-state index in [0.29, 0.717) is 10.0 Å². The van der Waals surface area contributed by atoms with Crippen molar-refractivity contribution in [2.24, 2.45) is 5.73 Å². The summed E-state index contributed by atoms with van der Waals surface area (Å²) in [6.07, 6.45) is 3.52. The third-order valence-electron chi connectivity index (χ3n) is 5.03. The molecule has 1 saturated heterocycles. The van der Waals surface area contributed by atoms with E-state index in [0.717, 1.165) is 54.3 Å². The highest BCUT2D eigenvalue weighted by atomic mass is 35.5. The van der Waals surface area contributed by atoms with E-state index in [2.05, 4.69) is 22.0 Å². The Balaban J connectivity index is 1.85. The Bertz CT molecular complexity index is 971. The predicted octanol–water partition coefficient (Wildman–Crippen LogP) is 3.72. The molecule has 0 amide bonds. The van der Waals surface area contributed by atoms with Crippen LogP contribution >= 0.6 is 23.2 Å². The molecule has 0 atom stereocenters. The first-order chi connectivity index (χ1) is 12.4. The van der Waals surface area contributed by atoms with Gasteiger partial charge in [-0.25, -0.2) is 4.98 Å². The SMILES string of the molecule is Cc1nc(N2CCC(C)(N)CC2)n2cnnc2c1-c1cccc(Cl)c1Cl. The maximum Gasteiger partial charge on any atom is 0.212 e. The lowest BCUT2D eigenvalue weighted by atomic mass is 9.91. The van der Waals surface area contributed by atoms with E-state index in [4.69, 9.17) is 33.9 Å². The second-order valence-electron chi connectivity index (χ2n) is 7.14. The van der Waals surface area contributed by atoms with Crippen LogP contribution in [0.2, 0.25) is 10.0 Å². The molecule has 0 unspecified atom stereocenters. The van der Waals surface area contributed by atoms with E-state index in [9.17, 15) is 0 Å². The van der Waals surface area contributed by atoms with E-state index in [1.54, 1.807) is 12.4 Å². The zero-order valence-corrected chi connectivity index (χ0v) is 16.2. The molecule has 2 aromatic heterocycles. The Morgan fingerprint density at radius 1 is 1.19 bits per heavy atom. The zero-order valence-electron chi connectivity index (χ0n) is 14.7. The Morgan fingerprint density at radius 3 is 2.65 bits per heavy atom. The van der Waals surface area contributed by atoms with Gasteiger partial charge in [0.1, 0.15) is 6.33 Å². The fourth-order valence-corrected chi connectivity index (χ4v) is 3.82. The third kappa shape index (κ3) is 2.92. The second kappa shape index (κ2) is 6.37. The van der Waals surface area contributed by atoms with Crippen molar-refractivity contribution in [3.8, 4) is 11.1 Å². The molecule has 0 spiro atoms. The van der Waals surface area contributed by atoms with Gasteiger partial charge in [0.15, 0.2) is 5.65 Å². The highest BCUT2D eigenvalue weighted by Gasteiger charge is 2.28. The van der Waals surface area contributed by atoms with Crippen LogP contribution < -0.4 is 10.6 Å². The molecule has 1 aliphatic rings. The summed E-state index contributed by atoms with van der Waals surface area (Å²) in [5, 5.41) is 9.44. The van der Waals surface area contributed by atoms with Crippen LogP contribution in [0.1, 0.15) is 25.5 Å². The van der Waals surface area contributed by atoms with E-state index in [-0.39, 0.29) is 5.54 Å². The number of aryl methyl sites for hydroxylation is 1. The van der Waals surface area contributed by atoms with Crippen molar-refractivity contribution in [2.75, 3.05) is 18.0 Å². The molecule has 0 bridgehead atoms. The zero-order chi connectivity index (χ0) is 18.5. The molecule has 1 aromatic carbocycles. The molecule has 4 rings (SSSR count). The number of rotatable bonds is 2. The lowest BCUT2D eigenvalue weighted by Crippen LogP contribution is -2.48. The Morgan fingerprint density at radius 2 is 1.92 bits per heavy atom. The molecular weight excluding hydrogens is 371 g/mol. The number of benzene rings is 1. The molecule has 0 radical (unpaired) electrons. The highest BCUT2D eigenvalue weighted by molar-refractivity contribution is 6.43. The summed E-state index contributed by atoms with van der Waals surface area (Å²) >= 11 is 12.7. The van der Waals surface area contributed by atoms with Crippen LogP contribution in [0.5, 0.6) is 0 Å².